The third-order valence-electron chi connectivity index (χ3n) is 4.69. The highest BCUT2D eigenvalue weighted by Crippen LogP contribution is 2.23. The molecule has 1 N–H and O–H groups in total. The Morgan fingerprint density at radius 2 is 1.48 bits per heavy atom. The number of nitrogens with one attached hydrogen (secondary N) is 1. The lowest BCUT2D eigenvalue weighted by Crippen LogP contribution is -2.29. The predicted octanol–water partition coefficient (Wildman–Crippen LogP) is 3.76. The minimum absolute atomic E-state index is 0.0850. The van der Waals surface area contributed by atoms with Crippen LogP contribution in [0.25, 0.3) is 0 Å². The minimum atomic E-state index is -3.62. The first-order valence-corrected chi connectivity index (χ1v) is 10.7. The molecule has 0 saturated carbocycles. The Bertz CT molecular complexity index is 1090. The smallest absolute Gasteiger partial charge is 0.252 e. The molecule has 0 aliphatic rings. The van der Waals surface area contributed by atoms with Crippen LogP contribution in [0, 0.1) is 6.92 Å². The summed E-state index contributed by atoms with van der Waals surface area (Å²) in [6.45, 7) is 2.01. The second kappa shape index (κ2) is 8.59. The van der Waals surface area contributed by atoms with Gasteiger partial charge in [-0.3, -0.25) is 4.79 Å². The van der Waals surface area contributed by atoms with Crippen LogP contribution in [0.15, 0.2) is 83.8 Å². The van der Waals surface area contributed by atoms with E-state index in [1.807, 2.05) is 61.5 Å². The number of benzene rings is 3. The van der Waals surface area contributed by atoms with Crippen molar-refractivity contribution in [2.75, 3.05) is 14.1 Å². The maximum absolute atomic E-state index is 13.0. The lowest BCUT2D eigenvalue weighted by Gasteiger charge is -2.20. The van der Waals surface area contributed by atoms with Crippen LogP contribution in [0.5, 0.6) is 0 Å². The molecular formula is C23H24N2O3S. The van der Waals surface area contributed by atoms with Crippen molar-refractivity contribution in [2.24, 2.45) is 0 Å². The Hall–Kier alpha value is -2.96. The summed E-state index contributed by atoms with van der Waals surface area (Å²) in [5.41, 5.74) is 3.32. The summed E-state index contributed by atoms with van der Waals surface area (Å²) in [7, 11) is -0.691. The molecule has 0 aromatic heterocycles. The quantitative estimate of drug-likeness (QED) is 0.675. The molecule has 0 spiro atoms. The van der Waals surface area contributed by atoms with Crippen LogP contribution in [0.1, 0.15) is 33.1 Å². The number of aryl methyl sites for hydroxylation is 1. The summed E-state index contributed by atoms with van der Waals surface area (Å²) in [6, 6.07) is 23.4. The minimum Gasteiger partial charge on any atom is -0.341 e. The fraction of sp³-hybridized carbons (Fsp3) is 0.174. The normalized spacial score (nSPS) is 12.6. The van der Waals surface area contributed by atoms with Gasteiger partial charge in [-0.1, -0.05) is 66.2 Å². The molecule has 3 rings (SSSR count). The summed E-state index contributed by atoms with van der Waals surface area (Å²) in [4.78, 5) is 13.1. The summed E-state index contributed by atoms with van der Waals surface area (Å²) in [6.07, 6.45) is 0. The molecule has 3 aromatic rings. The molecule has 29 heavy (non-hydrogen) atoms. The van der Waals surface area contributed by atoms with E-state index in [2.05, 4.69) is 5.32 Å². The molecule has 0 heterocycles. The van der Waals surface area contributed by atoms with E-state index in [9.17, 15) is 13.2 Å². The summed E-state index contributed by atoms with van der Waals surface area (Å²) in [5, 5.41) is 3.05. The molecule has 1 atom stereocenters. The van der Waals surface area contributed by atoms with Gasteiger partial charge >= 0.3 is 0 Å². The lowest BCUT2D eigenvalue weighted by molar-refractivity contribution is 0.0942. The third-order valence-corrected chi connectivity index (χ3v) is 6.50. The van der Waals surface area contributed by atoms with Gasteiger partial charge in [-0.2, -0.15) is 0 Å². The molecule has 0 unspecified atom stereocenters. The van der Waals surface area contributed by atoms with Crippen molar-refractivity contribution in [1.82, 2.24) is 9.62 Å². The second-order valence-electron chi connectivity index (χ2n) is 7.04. The number of carbonyl (C=O) groups is 1. The summed E-state index contributed by atoms with van der Waals surface area (Å²) < 4.78 is 25.9. The van der Waals surface area contributed by atoms with E-state index < -0.39 is 10.0 Å². The Morgan fingerprint density at radius 1 is 0.862 bits per heavy atom. The number of carbonyl (C=O) groups excluding carboxylic acids is 1. The standard InChI is InChI=1S/C23H24N2O3S/c1-17-12-14-19(15-13-17)22(18-8-5-4-6-9-18)24-23(26)20-10-7-11-21(16-20)29(27,28)25(2)3/h4-16,22H,1-3H3,(H,24,26)/t22-/m0/s1. The summed E-state index contributed by atoms with van der Waals surface area (Å²) in [5.74, 6) is -0.338. The molecule has 6 heteroatoms. The molecule has 0 radical (unpaired) electrons. The van der Waals surface area contributed by atoms with Gasteiger partial charge in [0, 0.05) is 19.7 Å². The number of nitrogens with zero attached hydrogens (tertiary/aromatic N) is 1. The zero-order chi connectivity index (χ0) is 21.0. The Labute approximate surface area is 172 Å². The summed E-state index contributed by atoms with van der Waals surface area (Å²) >= 11 is 0. The van der Waals surface area contributed by atoms with Crippen molar-refractivity contribution in [3.05, 3.63) is 101 Å². The highest BCUT2D eigenvalue weighted by molar-refractivity contribution is 7.89. The van der Waals surface area contributed by atoms with Gasteiger partial charge < -0.3 is 5.32 Å². The largest absolute Gasteiger partial charge is 0.341 e. The predicted molar refractivity (Wildman–Crippen MR) is 114 cm³/mol. The van der Waals surface area contributed by atoms with E-state index in [1.54, 1.807) is 12.1 Å². The van der Waals surface area contributed by atoms with Gasteiger partial charge in [-0.25, -0.2) is 12.7 Å². The van der Waals surface area contributed by atoms with Crippen LogP contribution in [-0.4, -0.2) is 32.7 Å². The highest BCUT2D eigenvalue weighted by Gasteiger charge is 2.21. The van der Waals surface area contributed by atoms with E-state index in [4.69, 9.17) is 0 Å². The maximum Gasteiger partial charge on any atom is 0.252 e. The average molecular weight is 409 g/mol. The van der Waals surface area contributed by atoms with Crippen LogP contribution in [0.3, 0.4) is 0 Å². The van der Waals surface area contributed by atoms with Crippen molar-refractivity contribution in [3.63, 3.8) is 0 Å². The van der Waals surface area contributed by atoms with Gasteiger partial charge in [-0.05, 0) is 36.2 Å². The van der Waals surface area contributed by atoms with Crippen LogP contribution < -0.4 is 5.32 Å². The van der Waals surface area contributed by atoms with Crippen LogP contribution in [0.2, 0.25) is 0 Å². The van der Waals surface area contributed by atoms with Crippen LogP contribution in [0.4, 0.5) is 0 Å². The second-order valence-corrected chi connectivity index (χ2v) is 9.19. The Kier molecular flexibility index (Phi) is 6.15. The average Bonchev–Trinajstić information content (AvgIpc) is 2.73. The van der Waals surface area contributed by atoms with Gasteiger partial charge in [0.05, 0.1) is 10.9 Å². The first kappa shape index (κ1) is 20.8. The third kappa shape index (κ3) is 4.72. The van der Waals surface area contributed by atoms with Crippen molar-refractivity contribution in [2.45, 2.75) is 17.9 Å². The lowest BCUT2D eigenvalue weighted by atomic mass is 9.97. The van der Waals surface area contributed by atoms with Gasteiger partial charge in [-0.15, -0.1) is 0 Å². The van der Waals surface area contributed by atoms with Gasteiger partial charge in [0.25, 0.3) is 5.91 Å². The molecule has 0 fully saturated rings. The molecule has 0 aliphatic carbocycles. The van der Waals surface area contributed by atoms with Crippen molar-refractivity contribution >= 4 is 15.9 Å². The fourth-order valence-electron chi connectivity index (χ4n) is 2.99. The zero-order valence-electron chi connectivity index (χ0n) is 16.7. The molecular weight excluding hydrogens is 384 g/mol. The zero-order valence-corrected chi connectivity index (χ0v) is 17.5. The Balaban J connectivity index is 1.94. The van der Waals surface area contributed by atoms with E-state index in [0.717, 1.165) is 21.0 Å². The maximum atomic E-state index is 13.0. The highest BCUT2D eigenvalue weighted by atomic mass is 32.2. The van der Waals surface area contributed by atoms with Crippen LogP contribution >= 0.6 is 0 Å². The molecule has 3 aromatic carbocycles. The first-order chi connectivity index (χ1) is 13.8. The fourth-order valence-corrected chi connectivity index (χ4v) is 3.93. The van der Waals surface area contributed by atoms with E-state index in [-0.39, 0.29) is 16.8 Å². The van der Waals surface area contributed by atoms with E-state index in [1.165, 1.54) is 26.2 Å². The van der Waals surface area contributed by atoms with Gasteiger partial charge in [0.15, 0.2) is 0 Å². The van der Waals surface area contributed by atoms with Gasteiger partial charge in [0.1, 0.15) is 0 Å². The number of amides is 1. The van der Waals surface area contributed by atoms with Crippen molar-refractivity contribution < 1.29 is 13.2 Å². The first-order valence-electron chi connectivity index (χ1n) is 9.24. The number of hydrogen-bond donors (Lipinski definition) is 1. The molecule has 0 bridgehead atoms. The van der Waals surface area contributed by atoms with Crippen LogP contribution in [-0.2, 0) is 10.0 Å². The monoisotopic (exact) mass is 408 g/mol. The van der Waals surface area contributed by atoms with E-state index >= 15 is 0 Å². The van der Waals surface area contributed by atoms with E-state index in [0.29, 0.717) is 5.56 Å². The SMILES string of the molecule is Cc1ccc([C@@H](NC(=O)c2cccc(S(=O)(=O)N(C)C)c2)c2ccccc2)cc1. The van der Waals surface area contributed by atoms with Crippen molar-refractivity contribution in [1.29, 1.82) is 0 Å². The van der Waals surface area contributed by atoms with Crippen molar-refractivity contribution in [3.8, 4) is 0 Å². The van der Waals surface area contributed by atoms with Gasteiger partial charge in [0.2, 0.25) is 10.0 Å². The number of rotatable bonds is 6. The topological polar surface area (TPSA) is 66.5 Å². The molecule has 0 aliphatic heterocycles. The molecule has 150 valence electrons. The molecule has 1 amide bonds. The Morgan fingerprint density at radius 3 is 2.10 bits per heavy atom. The number of sulfonamides is 1. The number of hydrogen-bond acceptors (Lipinski definition) is 3. The molecule has 5 nitrogen and oxygen atoms in total. The molecule has 0 saturated heterocycles.